The predicted octanol–water partition coefficient (Wildman–Crippen LogP) is 4.02. The summed E-state index contributed by atoms with van der Waals surface area (Å²) >= 11 is 6.04. The maximum atomic E-state index is 13.0. The van der Waals surface area contributed by atoms with Gasteiger partial charge in [0.15, 0.2) is 5.69 Å². The van der Waals surface area contributed by atoms with Crippen molar-refractivity contribution in [2.24, 2.45) is 0 Å². The van der Waals surface area contributed by atoms with Crippen molar-refractivity contribution in [1.29, 1.82) is 0 Å². The Kier molecular flexibility index (Phi) is 4.02. The Morgan fingerprint density at radius 3 is 2.58 bits per heavy atom. The molecule has 1 N–H and O–H groups in total. The van der Waals surface area contributed by atoms with Gasteiger partial charge in [0.25, 0.3) is 5.91 Å². The van der Waals surface area contributed by atoms with E-state index in [9.17, 15) is 4.79 Å². The van der Waals surface area contributed by atoms with Crippen LogP contribution in [0.15, 0.2) is 24.3 Å². The lowest BCUT2D eigenvalue weighted by atomic mass is 9.95. The number of halogens is 1. The van der Waals surface area contributed by atoms with Crippen LogP contribution in [0, 0.1) is 0 Å². The summed E-state index contributed by atoms with van der Waals surface area (Å²) in [5, 5.41) is 7.53. The normalized spacial score (nSPS) is 24.7. The molecule has 2 fully saturated rings. The van der Waals surface area contributed by atoms with Gasteiger partial charge in [-0.05, 0) is 62.3 Å². The first-order chi connectivity index (χ1) is 12.7. The molecule has 2 aliphatic carbocycles. The van der Waals surface area contributed by atoms with Gasteiger partial charge in [0.05, 0.1) is 11.4 Å². The fourth-order valence-corrected chi connectivity index (χ4v) is 5.01. The highest BCUT2D eigenvalue weighted by molar-refractivity contribution is 6.30. The second-order valence-corrected chi connectivity index (χ2v) is 8.17. The highest BCUT2D eigenvalue weighted by Crippen LogP contribution is 2.54. The number of benzene rings is 1. The van der Waals surface area contributed by atoms with Gasteiger partial charge >= 0.3 is 0 Å². The molecule has 6 heteroatoms. The molecule has 2 heterocycles. The minimum absolute atomic E-state index is 0.0524. The molecule has 1 aromatic carbocycles. The second-order valence-electron chi connectivity index (χ2n) is 7.73. The van der Waals surface area contributed by atoms with Gasteiger partial charge in [-0.15, -0.1) is 0 Å². The average Bonchev–Trinajstić information content (AvgIpc) is 3.36. The second kappa shape index (κ2) is 6.39. The molecule has 1 aliphatic heterocycles. The summed E-state index contributed by atoms with van der Waals surface area (Å²) in [6.45, 7) is 1.86. The Hall–Kier alpha value is -1.85. The molecule has 1 amide bonds. The molecule has 2 bridgehead atoms. The molecule has 136 valence electrons. The fourth-order valence-electron chi connectivity index (χ4n) is 4.88. The van der Waals surface area contributed by atoms with E-state index in [1.165, 1.54) is 30.5 Å². The number of carbonyl (C=O) groups is 1. The SMILES string of the molecule is O=C(NN1CCCCC1)c1nn(-c2ccc(Cl)cc2)c2c1C1CCC2C1. The van der Waals surface area contributed by atoms with Gasteiger partial charge in [-0.3, -0.25) is 10.2 Å². The lowest BCUT2D eigenvalue weighted by Crippen LogP contribution is -2.45. The Morgan fingerprint density at radius 2 is 1.81 bits per heavy atom. The summed E-state index contributed by atoms with van der Waals surface area (Å²) in [6.07, 6.45) is 7.06. The van der Waals surface area contributed by atoms with Crippen molar-refractivity contribution in [3.63, 3.8) is 0 Å². The highest BCUT2D eigenvalue weighted by atomic mass is 35.5. The van der Waals surface area contributed by atoms with Crippen LogP contribution in [0.4, 0.5) is 0 Å². The number of hydrogen-bond acceptors (Lipinski definition) is 3. The first-order valence-corrected chi connectivity index (χ1v) is 10.0. The Bertz CT molecular complexity index is 838. The Labute approximate surface area is 158 Å². The van der Waals surface area contributed by atoms with Crippen LogP contribution in [0.25, 0.3) is 5.69 Å². The molecule has 5 rings (SSSR count). The number of carbonyl (C=O) groups excluding carboxylic acids is 1. The lowest BCUT2D eigenvalue weighted by molar-refractivity contribution is 0.0743. The van der Waals surface area contributed by atoms with E-state index in [0.29, 0.717) is 22.6 Å². The van der Waals surface area contributed by atoms with Gasteiger partial charge in [0.2, 0.25) is 0 Å². The van der Waals surface area contributed by atoms with Gasteiger partial charge in [-0.2, -0.15) is 5.10 Å². The number of piperidine rings is 1. The molecule has 0 radical (unpaired) electrons. The Morgan fingerprint density at radius 1 is 1.08 bits per heavy atom. The molecule has 3 aliphatic rings. The number of nitrogens with zero attached hydrogens (tertiary/aromatic N) is 3. The summed E-state index contributed by atoms with van der Waals surface area (Å²) in [5.41, 5.74) is 7.12. The van der Waals surface area contributed by atoms with Crippen molar-refractivity contribution in [3.05, 3.63) is 46.2 Å². The number of amides is 1. The summed E-state index contributed by atoms with van der Waals surface area (Å²) < 4.78 is 1.99. The largest absolute Gasteiger partial charge is 0.286 e. The number of fused-ring (bicyclic) bond motifs is 5. The van der Waals surface area contributed by atoms with Gasteiger partial charge < -0.3 is 0 Å². The van der Waals surface area contributed by atoms with Gasteiger partial charge in [0, 0.05) is 29.6 Å². The van der Waals surface area contributed by atoms with Crippen LogP contribution in [0.3, 0.4) is 0 Å². The van der Waals surface area contributed by atoms with Crippen molar-refractivity contribution in [1.82, 2.24) is 20.2 Å². The number of hydrogen-bond donors (Lipinski definition) is 1. The Balaban J connectivity index is 1.52. The summed E-state index contributed by atoms with van der Waals surface area (Å²) in [5.74, 6) is 0.955. The van der Waals surface area contributed by atoms with E-state index in [1.807, 2.05) is 34.0 Å². The van der Waals surface area contributed by atoms with Crippen LogP contribution in [0.2, 0.25) is 5.02 Å². The number of hydrazine groups is 1. The van der Waals surface area contributed by atoms with E-state index in [4.69, 9.17) is 16.7 Å². The summed E-state index contributed by atoms with van der Waals surface area (Å²) in [4.78, 5) is 13.0. The molecule has 2 unspecified atom stereocenters. The van der Waals surface area contributed by atoms with Crippen molar-refractivity contribution in [2.45, 2.75) is 50.4 Å². The molecule has 1 saturated carbocycles. The molecule has 0 spiro atoms. The zero-order valence-electron chi connectivity index (χ0n) is 14.7. The summed E-state index contributed by atoms with van der Waals surface area (Å²) in [6, 6.07) is 7.72. The first kappa shape index (κ1) is 16.3. The van der Waals surface area contributed by atoms with Crippen LogP contribution >= 0.6 is 11.6 Å². The number of aromatic nitrogens is 2. The smallest absolute Gasteiger partial charge is 0.283 e. The number of rotatable bonds is 3. The van der Waals surface area contributed by atoms with Crippen molar-refractivity contribution in [3.8, 4) is 5.69 Å². The van der Waals surface area contributed by atoms with Gasteiger partial charge in [-0.1, -0.05) is 18.0 Å². The number of nitrogens with one attached hydrogen (secondary N) is 1. The molecule has 1 aromatic heterocycles. The van der Waals surface area contributed by atoms with Gasteiger partial charge in [0.1, 0.15) is 0 Å². The van der Waals surface area contributed by atoms with Crippen molar-refractivity contribution < 1.29 is 4.79 Å². The molecule has 1 saturated heterocycles. The summed E-state index contributed by atoms with van der Waals surface area (Å²) in [7, 11) is 0. The van der Waals surface area contributed by atoms with E-state index in [1.54, 1.807) is 0 Å². The standard InChI is InChI=1S/C20H23ClN4O/c21-15-6-8-16(9-7-15)25-19-14-5-4-13(12-14)17(19)18(22-25)20(26)23-24-10-2-1-3-11-24/h6-9,13-14H,1-5,10-12H2,(H,23,26). The van der Waals surface area contributed by atoms with E-state index >= 15 is 0 Å². The highest BCUT2D eigenvalue weighted by Gasteiger charge is 2.44. The van der Waals surface area contributed by atoms with E-state index in [2.05, 4.69) is 5.43 Å². The van der Waals surface area contributed by atoms with Crippen LogP contribution in [-0.4, -0.2) is 33.8 Å². The van der Waals surface area contributed by atoms with Crippen molar-refractivity contribution in [2.75, 3.05) is 13.1 Å². The maximum absolute atomic E-state index is 13.0. The van der Waals surface area contributed by atoms with E-state index < -0.39 is 0 Å². The topological polar surface area (TPSA) is 50.2 Å². The van der Waals surface area contributed by atoms with Crippen LogP contribution in [-0.2, 0) is 0 Å². The lowest BCUT2D eigenvalue weighted by Gasteiger charge is -2.26. The quantitative estimate of drug-likeness (QED) is 0.887. The molecule has 5 nitrogen and oxygen atoms in total. The zero-order chi connectivity index (χ0) is 17.7. The minimum atomic E-state index is -0.0524. The zero-order valence-corrected chi connectivity index (χ0v) is 15.5. The third kappa shape index (κ3) is 2.65. The van der Waals surface area contributed by atoms with Crippen LogP contribution in [0.5, 0.6) is 0 Å². The van der Waals surface area contributed by atoms with Crippen LogP contribution < -0.4 is 5.43 Å². The molecule has 26 heavy (non-hydrogen) atoms. The molecule has 2 atom stereocenters. The van der Waals surface area contributed by atoms with Crippen LogP contribution in [0.1, 0.15) is 72.1 Å². The average molecular weight is 371 g/mol. The molecular formula is C20H23ClN4O. The minimum Gasteiger partial charge on any atom is -0.283 e. The third-order valence-corrected chi connectivity index (χ3v) is 6.34. The van der Waals surface area contributed by atoms with Crippen molar-refractivity contribution >= 4 is 17.5 Å². The first-order valence-electron chi connectivity index (χ1n) is 9.65. The predicted molar refractivity (Wildman–Crippen MR) is 101 cm³/mol. The van der Waals surface area contributed by atoms with Gasteiger partial charge in [-0.25, -0.2) is 9.69 Å². The maximum Gasteiger partial charge on any atom is 0.286 e. The van der Waals surface area contributed by atoms with E-state index in [-0.39, 0.29) is 5.91 Å². The third-order valence-electron chi connectivity index (χ3n) is 6.09. The monoisotopic (exact) mass is 370 g/mol. The van der Waals surface area contributed by atoms with E-state index in [0.717, 1.165) is 38.0 Å². The molecule has 2 aromatic rings. The fraction of sp³-hybridized carbons (Fsp3) is 0.500. The molecular weight excluding hydrogens is 348 g/mol.